The minimum absolute atomic E-state index is 0.0233. The van der Waals surface area contributed by atoms with Crippen LogP contribution in [-0.2, 0) is 15.7 Å². The van der Waals surface area contributed by atoms with Gasteiger partial charge in [0.2, 0.25) is 5.95 Å². The van der Waals surface area contributed by atoms with Gasteiger partial charge in [-0.25, -0.2) is 18.5 Å². The zero-order chi connectivity index (χ0) is 30.2. The number of hydrogen-bond donors (Lipinski definition) is 3. The number of halogens is 4. The minimum Gasteiger partial charge on any atom is -0.487 e. The lowest BCUT2D eigenvalue weighted by molar-refractivity contribution is 0.0804. The van der Waals surface area contributed by atoms with E-state index in [0.29, 0.717) is 35.6 Å². The summed E-state index contributed by atoms with van der Waals surface area (Å²) in [4.78, 5) is 17.9. The number of rotatable bonds is 10. The molecule has 3 N–H and O–H groups in total. The van der Waals surface area contributed by atoms with E-state index < -0.39 is 29.7 Å². The molecule has 0 bridgehead atoms. The largest absolute Gasteiger partial charge is 0.487 e. The summed E-state index contributed by atoms with van der Waals surface area (Å²) < 4.78 is 48.0. The fourth-order valence-electron chi connectivity index (χ4n) is 4.28. The maximum absolute atomic E-state index is 13.2. The molecule has 0 radical (unpaired) electrons. The lowest BCUT2D eigenvalue weighted by atomic mass is 10.0. The maximum Gasteiger partial charge on any atom is 0.272 e. The van der Waals surface area contributed by atoms with E-state index in [4.69, 9.17) is 25.0 Å². The van der Waals surface area contributed by atoms with Gasteiger partial charge in [0, 0.05) is 35.5 Å². The van der Waals surface area contributed by atoms with Crippen LogP contribution < -0.4 is 20.1 Å². The molecule has 14 heteroatoms. The molecule has 0 saturated carbocycles. The number of carbonyl (C=O) groups is 1. The van der Waals surface area contributed by atoms with Crippen molar-refractivity contribution in [3.63, 3.8) is 0 Å². The van der Waals surface area contributed by atoms with Gasteiger partial charge in [0.05, 0.1) is 26.7 Å². The number of amides is 1. The number of ether oxygens (including phenoxy) is 1. The van der Waals surface area contributed by atoms with Gasteiger partial charge in [0.15, 0.2) is 0 Å². The van der Waals surface area contributed by atoms with E-state index in [0.717, 1.165) is 15.7 Å². The Kier molecular flexibility index (Phi) is 8.89. The van der Waals surface area contributed by atoms with Gasteiger partial charge in [0.25, 0.3) is 12.3 Å². The average molecular weight is 687 g/mol. The number of nitrogens with one attached hydrogen (secondary N) is 3. The SMILES string of the molecule is Cn1c(NC2=CC(CNS3(C(C)(C)C)OO3)=CCC2Cl)nc2cc(C(=O)Nc3ccc(Br)cc3)c(OCC(F)F)cc21. The van der Waals surface area contributed by atoms with E-state index in [1.165, 1.54) is 6.07 Å². The van der Waals surface area contributed by atoms with Crippen molar-refractivity contribution in [3.05, 3.63) is 69.9 Å². The van der Waals surface area contributed by atoms with Crippen LogP contribution in [0.3, 0.4) is 0 Å². The summed E-state index contributed by atoms with van der Waals surface area (Å²) >= 11 is 10.0. The minimum atomic E-state index is -2.71. The molecule has 1 aliphatic heterocycles. The van der Waals surface area contributed by atoms with Crippen molar-refractivity contribution in [1.29, 1.82) is 0 Å². The lowest BCUT2D eigenvalue weighted by Crippen LogP contribution is -2.29. The molecule has 5 rings (SSSR count). The van der Waals surface area contributed by atoms with Crippen molar-refractivity contribution in [1.82, 2.24) is 14.3 Å². The number of anilines is 2. The van der Waals surface area contributed by atoms with E-state index in [1.54, 1.807) is 41.9 Å². The summed E-state index contributed by atoms with van der Waals surface area (Å²) in [5.74, 6) is -0.0253. The Morgan fingerprint density at radius 2 is 1.98 bits per heavy atom. The van der Waals surface area contributed by atoms with E-state index in [1.807, 2.05) is 6.08 Å². The van der Waals surface area contributed by atoms with Crippen molar-refractivity contribution in [2.24, 2.45) is 7.05 Å². The fraction of sp³-hybridized carbons (Fsp3) is 0.357. The number of imidazole rings is 1. The molecule has 1 aromatic heterocycles. The van der Waals surface area contributed by atoms with E-state index >= 15 is 0 Å². The summed E-state index contributed by atoms with van der Waals surface area (Å²) in [6.07, 6.45) is 1.92. The molecule has 1 atom stereocenters. The highest BCUT2D eigenvalue weighted by Gasteiger charge is 2.49. The first-order chi connectivity index (χ1) is 19.8. The van der Waals surface area contributed by atoms with Crippen LogP contribution in [0.5, 0.6) is 5.75 Å². The van der Waals surface area contributed by atoms with Crippen molar-refractivity contribution < 1.29 is 27.0 Å². The van der Waals surface area contributed by atoms with Crippen LogP contribution in [0, 0.1) is 0 Å². The second-order valence-corrected chi connectivity index (χ2v) is 15.0. The number of fused-ring (bicyclic) bond motifs is 1. The standard InChI is InChI=1S/C28H31BrClF2N5O4S/c1-28(2,3)42(40-41-42)33-14-16-5-10-20(30)21(11-16)35-27-36-22-12-19(26(38)34-18-8-6-17(29)7-9-18)24(39-15-25(31)32)13-23(22)37(27)4/h5-9,11-13,20,25,33H,10,14-15H2,1-4H3,(H,34,38)(H,35,36). The monoisotopic (exact) mass is 685 g/mol. The normalized spacial score (nSPS) is 18.8. The number of benzene rings is 2. The second-order valence-electron chi connectivity index (χ2n) is 10.8. The number of aromatic nitrogens is 2. The summed E-state index contributed by atoms with van der Waals surface area (Å²) in [5, 5.41) is 5.78. The van der Waals surface area contributed by atoms with E-state index in [2.05, 4.69) is 63.1 Å². The van der Waals surface area contributed by atoms with E-state index in [9.17, 15) is 13.6 Å². The highest BCUT2D eigenvalue weighted by molar-refractivity contribution is 9.10. The van der Waals surface area contributed by atoms with Crippen LogP contribution in [-0.4, -0.2) is 45.2 Å². The zero-order valence-electron chi connectivity index (χ0n) is 23.3. The molecule has 42 heavy (non-hydrogen) atoms. The molecule has 2 aliphatic rings. The second kappa shape index (κ2) is 12.1. The Morgan fingerprint density at radius 3 is 2.62 bits per heavy atom. The van der Waals surface area contributed by atoms with Gasteiger partial charge in [-0.2, -0.15) is 0 Å². The van der Waals surface area contributed by atoms with Gasteiger partial charge >= 0.3 is 0 Å². The number of hydrogen-bond acceptors (Lipinski definition) is 7. The molecule has 226 valence electrons. The summed E-state index contributed by atoms with van der Waals surface area (Å²) in [6, 6.07) is 10.1. The Bertz CT molecular complexity index is 1550. The lowest BCUT2D eigenvalue weighted by Gasteiger charge is -2.31. The Hall–Kier alpha value is -2.68. The predicted octanol–water partition coefficient (Wildman–Crippen LogP) is 7.36. The number of allylic oxidation sites excluding steroid dienone is 2. The molecule has 0 spiro atoms. The van der Waals surface area contributed by atoms with Crippen molar-refractivity contribution in [2.75, 3.05) is 23.8 Å². The molecule has 2 heterocycles. The van der Waals surface area contributed by atoms with Crippen LogP contribution in [0.2, 0.25) is 0 Å². The van der Waals surface area contributed by atoms with Gasteiger partial charge < -0.3 is 19.9 Å². The van der Waals surface area contributed by atoms with Crippen LogP contribution in [0.1, 0.15) is 37.6 Å². The Labute approximate surface area is 257 Å². The molecule has 3 aromatic rings. The first-order valence-corrected chi connectivity index (χ1v) is 15.8. The first-order valence-electron chi connectivity index (χ1n) is 13.1. The molecule has 1 aliphatic carbocycles. The first kappa shape index (κ1) is 30.8. The third kappa shape index (κ3) is 6.76. The van der Waals surface area contributed by atoms with E-state index in [-0.39, 0.29) is 21.4 Å². The van der Waals surface area contributed by atoms with Crippen molar-refractivity contribution in [2.45, 2.75) is 43.7 Å². The Balaban J connectivity index is 1.40. The maximum atomic E-state index is 13.2. The fourth-order valence-corrected chi connectivity index (χ4v) is 6.27. The number of aryl methyl sites for hydroxylation is 1. The molecule has 1 saturated heterocycles. The molecular formula is C28H31BrClF2N5O4S. The predicted molar refractivity (Wildman–Crippen MR) is 166 cm³/mol. The smallest absolute Gasteiger partial charge is 0.272 e. The Morgan fingerprint density at radius 1 is 1.26 bits per heavy atom. The van der Waals surface area contributed by atoms with Crippen molar-refractivity contribution in [3.8, 4) is 5.75 Å². The topological polar surface area (TPSA) is 105 Å². The van der Waals surface area contributed by atoms with Crippen LogP contribution >= 0.6 is 38.3 Å². The van der Waals surface area contributed by atoms with Gasteiger partial charge in [0.1, 0.15) is 12.4 Å². The van der Waals surface area contributed by atoms with Gasteiger partial charge in [-0.1, -0.05) is 41.4 Å². The van der Waals surface area contributed by atoms with Crippen molar-refractivity contribution >= 4 is 66.9 Å². The number of carbonyl (C=O) groups excluding carboxylic acids is 1. The summed E-state index contributed by atoms with van der Waals surface area (Å²) in [7, 11) is -0.0150. The highest BCUT2D eigenvalue weighted by Crippen LogP contribution is 2.70. The average Bonchev–Trinajstić information content (AvgIpc) is 3.68. The van der Waals surface area contributed by atoms with Crippen LogP contribution in [0.15, 0.2) is 64.3 Å². The molecule has 2 aromatic carbocycles. The zero-order valence-corrected chi connectivity index (χ0v) is 26.5. The number of alkyl halides is 3. The molecule has 1 fully saturated rings. The highest BCUT2D eigenvalue weighted by atomic mass is 79.9. The summed E-state index contributed by atoms with van der Waals surface area (Å²) in [5.41, 5.74) is 3.44. The van der Waals surface area contributed by atoms with Crippen LogP contribution in [0.25, 0.3) is 11.0 Å². The van der Waals surface area contributed by atoms with Gasteiger partial charge in [-0.05, 0) is 69.2 Å². The summed E-state index contributed by atoms with van der Waals surface area (Å²) in [6.45, 7) is 5.85. The third-order valence-electron chi connectivity index (χ3n) is 6.69. The van der Waals surface area contributed by atoms with Crippen LogP contribution in [0.4, 0.5) is 20.4 Å². The number of nitrogens with zero attached hydrogens (tertiary/aromatic N) is 2. The molecule has 1 unspecified atom stereocenters. The molecule has 9 nitrogen and oxygen atoms in total. The van der Waals surface area contributed by atoms with Gasteiger partial charge in [-0.15, -0.1) is 11.6 Å². The molecular weight excluding hydrogens is 656 g/mol. The third-order valence-corrected chi connectivity index (χ3v) is 10.2. The van der Waals surface area contributed by atoms with Gasteiger partial charge in [-0.3, -0.25) is 4.79 Å². The molecule has 1 amide bonds. The quantitative estimate of drug-likeness (QED) is 0.116.